The molecular weight excluding hydrogens is 346 g/mol. The van der Waals surface area contributed by atoms with Gasteiger partial charge in [0, 0.05) is 49.0 Å². The van der Waals surface area contributed by atoms with E-state index in [9.17, 15) is 0 Å². The molecular formula is C24H33N3O. The standard InChI is InChI=1S/C24H33N3O/c1-16-17(2)23-21(18(3)22(16)25)14-24(4,28-23)15-27-12-10-20(11-13-27)26-19-8-6-5-7-9-19/h5-9,20,26H,10-15,25H2,1-4H3. The van der Waals surface area contributed by atoms with Crippen molar-refractivity contribution in [2.45, 2.75) is 58.6 Å². The number of nitrogens with two attached hydrogens (primary N) is 1. The first-order valence-electron chi connectivity index (χ1n) is 10.5. The number of piperidine rings is 1. The van der Waals surface area contributed by atoms with Gasteiger partial charge < -0.3 is 15.8 Å². The van der Waals surface area contributed by atoms with Gasteiger partial charge in [-0.25, -0.2) is 0 Å². The molecule has 3 N–H and O–H groups in total. The van der Waals surface area contributed by atoms with E-state index in [1.165, 1.54) is 35.2 Å². The van der Waals surface area contributed by atoms with Crippen LogP contribution in [0.3, 0.4) is 0 Å². The molecule has 0 aromatic heterocycles. The molecule has 150 valence electrons. The van der Waals surface area contributed by atoms with Crippen molar-refractivity contribution in [3.05, 3.63) is 52.6 Å². The normalized spacial score (nSPS) is 22.7. The van der Waals surface area contributed by atoms with E-state index < -0.39 is 0 Å². The maximum atomic E-state index is 6.55. The Kier molecular flexibility index (Phi) is 5.00. The molecule has 1 atom stereocenters. The highest BCUT2D eigenvalue weighted by atomic mass is 16.5. The lowest BCUT2D eigenvalue weighted by molar-refractivity contribution is 0.0535. The quantitative estimate of drug-likeness (QED) is 0.770. The number of nitrogen functional groups attached to an aromatic ring is 1. The number of likely N-dealkylation sites (tertiary alicyclic amines) is 1. The number of nitrogens with zero attached hydrogens (tertiary/aromatic N) is 1. The molecule has 2 aromatic carbocycles. The lowest BCUT2D eigenvalue weighted by Crippen LogP contribution is -2.48. The highest BCUT2D eigenvalue weighted by molar-refractivity contribution is 5.66. The molecule has 1 unspecified atom stereocenters. The predicted molar refractivity (Wildman–Crippen MR) is 117 cm³/mol. The molecule has 4 rings (SSSR count). The Hall–Kier alpha value is -2.20. The van der Waals surface area contributed by atoms with Crippen molar-refractivity contribution in [1.82, 2.24) is 4.90 Å². The van der Waals surface area contributed by atoms with Crippen molar-refractivity contribution in [3.8, 4) is 5.75 Å². The largest absolute Gasteiger partial charge is 0.485 e. The number of anilines is 2. The van der Waals surface area contributed by atoms with Crippen LogP contribution >= 0.6 is 0 Å². The number of nitrogens with one attached hydrogen (secondary N) is 1. The number of benzene rings is 2. The molecule has 2 aliphatic rings. The fourth-order valence-electron chi connectivity index (χ4n) is 4.79. The number of hydrogen-bond donors (Lipinski definition) is 2. The SMILES string of the molecule is Cc1c(C)c2c(c(C)c1N)CC(C)(CN1CCC(Nc3ccccc3)CC1)O2. The van der Waals surface area contributed by atoms with Gasteiger partial charge in [-0.1, -0.05) is 18.2 Å². The van der Waals surface area contributed by atoms with Crippen LogP contribution in [0.2, 0.25) is 0 Å². The maximum absolute atomic E-state index is 6.55. The van der Waals surface area contributed by atoms with Gasteiger partial charge >= 0.3 is 0 Å². The van der Waals surface area contributed by atoms with Crippen molar-refractivity contribution in [2.75, 3.05) is 30.7 Å². The van der Waals surface area contributed by atoms with Gasteiger partial charge in [-0.2, -0.15) is 0 Å². The van der Waals surface area contributed by atoms with Crippen molar-refractivity contribution >= 4 is 11.4 Å². The molecule has 2 aliphatic heterocycles. The molecule has 0 spiro atoms. The van der Waals surface area contributed by atoms with E-state index in [1.807, 2.05) is 0 Å². The van der Waals surface area contributed by atoms with Gasteiger partial charge in [-0.15, -0.1) is 0 Å². The summed E-state index contributed by atoms with van der Waals surface area (Å²) in [6, 6.07) is 11.1. The second-order valence-corrected chi connectivity index (χ2v) is 8.89. The van der Waals surface area contributed by atoms with Crippen LogP contribution in [0.1, 0.15) is 42.0 Å². The van der Waals surface area contributed by atoms with Crippen LogP contribution in [0, 0.1) is 20.8 Å². The highest BCUT2D eigenvalue weighted by Gasteiger charge is 2.39. The Morgan fingerprint density at radius 2 is 1.75 bits per heavy atom. The van der Waals surface area contributed by atoms with Crippen LogP contribution < -0.4 is 15.8 Å². The van der Waals surface area contributed by atoms with Crippen molar-refractivity contribution in [3.63, 3.8) is 0 Å². The molecule has 1 fully saturated rings. The number of ether oxygens (including phenoxy) is 1. The zero-order chi connectivity index (χ0) is 19.9. The molecule has 0 amide bonds. The molecule has 0 aliphatic carbocycles. The molecule has 4 heteroatoms. The molecule has 1 saturated heterocycles. The number of fused-ring (bicyclic) bond motifs is 1. The summed E-state index contributed by atoms with van der Waals surface area (Å²) in [6.45, 7) is 11.8. The summed E-state index contributed by atoms with van der Waals surface area (Å²) in [5, 5.41) is 3.67. The fourth-order valence-corrected chi connectivity index (χ4v) is 4.79. The lowest BCUT2D eigenvalue weighted by Gasteiger charge is -2.37. The van der Waals surface area contributed by atoms with E-state index in [4.69, 9.17) is 10.5 Å². The summed E-state index contributed by atoms with van der Waals surface area (Å²) in [6.07, 6.45) is 3.28. The van der Waals surface area contributed by atoms with E-state index in [0.717, 1.165) is 43.1 Å². The van der Waals surface area contributed by atoms with E-state index in [1.54, 1.807) is 0 Å². The van der Waals surface area contributed by atoms with Gasteiger partial charge in [0.25, 0.3) is 0 Å². The average Bonchev–Trinajstić information content (AvgIpc) is 3.05. The van der Waals surface area contributed by atoms with Crippen LogP contribution in [-0.4, -0.2) is 36.2 Å². The van der Waals surface area contributed by atoms with Gasteiger partial charge in [0.15, 0.2) is 0 Å². The Morgan fingerprint density at radius 3 is 2.43 bits per heavy atom. The second kappa shape index (κ2) is 7.32. The molecule has 0 bridgehead atoms. The minimum absolute atomic E-state index is 0.169. The third-order valence-electron chi connectivity index (χ3n) is 6.63. The van der Waals surface area contributed by atoms with Crippen molar-refractivity contribution < 1.29 is 4.74 Å². The molecule has 4 nitrogen and oxygen atoms in total. The summed E-state index contributed by atoms with van der Waals surface area (Å²) in [4.78, 5) is 2.57. The van der Waals surface area contributed by atoms with Gasteiger partial charge in [0.2, 0.25) is 0 Å². The Labute approximate surface area is 169 Å². The Bertz CT molecular complexity index is 817. The summed E-state index contributed by atoms with van der Waals surface area (Å²) >= 11 is 0. The van der Waals surface area contributed by atoms with Crippen LogP contribution in [0.4, 0.5) is 11.4 Å². The highest BCUT2D eigenvalue weighted by Crippen LogP contribution is 2.44. The predicted octanol–water partition coefficient (Wildman–Crippen LogP) is 4.46. The Balaban J connectivity index is 1.38. The van der Waals surface area contributed by atoms with Gasteiger partial charge in [-0.3, -0.25) is 4.90 Å². The summed E-state index contributed by atoms with van der Waals surface area (Å²) in [5.41, 5.74) is 13.2. The minimum Gasteiger partial charge on any atom is -0.485 e. The topological polar surface area (TPSA) is 50.5 Å². The van der Waals surface area contributed by atoms with Crippen molar-refractivity contribution in [2.24, 2.45) is 0 Å². The van der Waals surface area contributed by atoms with E-state index in [2.05, 4.69) is 68.2 Å². The van der Waals surface area contributed by atoms with Gasteiger partial charge in [-0.05, 0) is 69.4 Å². The number of rotatable bonds is 4. The van der Waals surface area contributed by atoms with Crippen LogP contribution in [0.5, 0.6) is 5.75 Å². The maximum Gasteiger partial charge on any atom is 0.127 e. The molecule has 2 aromatic rings. The summed E-state index contributed by atoms with van der Waals surface area (Å²) < 4.78 is 6.55. The molecule has 2 heterocycles. The lowest BCUT2D eigenvalue weighted by atomic mass is 9.91. The van der Waals surface area contributed by atoms with E-state index >= 15 is 0 Å². The van der Waals surface area contributed by atoms with Gasteiger partial charge in [0.05, 0.1) is 0 Å². The van der Waals surface area contributed by atoms with Crippen LogP contribution in [0.25, 0.3) is 0 Å². The zero-order valence-electron chi connectivity index (χ0n) is 17.6. The first-order valence-corrected chi connectivity index (χ1v) is 10.5. The average molecular weight is 380 g/mol. The third kappa shape index (κ3) is 3.58. The third-order valence-corrected chi connectivity index (χ3v) is 6.63. The summed E-state index contributed by atoms with van der Waals surface area (Å²) in [5.74, 6) is 1.08. The first kappa shape index (κ1) is 19.1. The first-order chi connectivity index (χ1) is 13.4. The second-order valence-electron chi connectivity index (χ2n) is 8.89. The smallest absolute Gasteiger partial charge is 0.127 e. The monoisotopic (exact) mass is 379 g/mol. The molecule has 28 heavy (non-hydrogen) atoms. The number of para-hydroxylation sites is 1. The van der Waals surface area contributed by atoms with E-state index in [-0.39, 0.29) is 5.60 Å². The summed E-state index contributed by atoms with van der Waals surface area (Å²) in [7, 11) is 0. The minimum atomic E-state index is -0.169. The van der Waals surface area contributed by atoms with Crippen LogP contribution in [-0.2, 0) is 6.42 Å². The molecule has 0 radical (unpaired) electrons. The van der Waals surface area contributed by atoms with Crippen LogP contribution in [0.15, 0.2) is 30.3 Å². The van der Waals surface area contributed by atoms with Gasteiger partial charge in [0.1, 0.15) is 11.4 Å². The van der Waals surface area contributed by atoms with E-state index in [0.29, 0.717) is 6.04 Å². The number of hydrogen-bond acceptors (Lipinski definition) is 4. The van der Waals surface area contributed by atoms with Crippen molar-refractivity contribution in [1.29, 1.82) is 0 Å². The fraction of sp³-hybridized carbons (Fsp3) is 0.500. The molecule has 0 saturated carbocycles. The Morgan fingerprint density at radius 1 is 1.07 bits per heavy atom. The zero-order valence-corrected chi connectivity index (χ0v) is 17.6.